The van der Waals surface area contributed by atoms with E-state index in [9.17, 15) is 13.2 Å². The summed E-state index contributed by atoms with van der Waals surface area (Å²) < 4.78 is 33.0. The minimum atomic E-state index is -3.63. The van der Waals surface area contributed by atoms with E-state index in [4.69, 9.17) is 9.57 Å². The van der Waals surface area contributed by atoms with E-state index in [1.165, 1.54) is 9.37 Å². The summed E-state index contributed by atoms with van der Waals surface area (Å²) in [4.78, 5) is 18.7. The van der Waals surface area contributed by atoms with Gasteiger partial charge in [-0.1, -0.05) is 17.7 Å². The Morgan fingerprint density at radius 1 is 1.19 bits per heavy atom. The van der Waals surface area contributed by atoms with Crippen molar-refractivity contribution in [1.29, 1.82) is 0 Å². The Hall–Kier alpha value is -1.64. The van der Waals surface area contributed by atoms with Crippen molar-refractivity contribution in [3.63, 3.8) is 0 Å². The van der Waals surface area contributed by atoms with Crippen molar-refractivity contribution in [3.05, 3.63) is 29.8 Å². The van der Waals surface area contributed by atoms with Crippen LogP contribution in [-0.2, 0) is 19.6 Å². The van der Waals surface area contributed by atoms with E-state index in [1.807, 2.05) is 20.8 Å². The Bertz CT molecular complexity index is 827. The number of carbonyl (C=O) groups excluding carboxylic acids is 1. The van der Waals surface area contributed by atoms with E-state index in [2.05, 4.69) is 0 Å². The zero-order valence-corrected chi connectivity index (χ0v) is 17.5. The maximum absolute atomic E-state index is 13.0. The molecule has 1 amide bonds. The number of hydrogen-bond donors (Lipinski definition) is 0. The Morgan fingerprint density at radius 3 is 2.33 bits per heavy atom. The monoisotopic (exact) mass is 396 g/mol. The minimum Gasteiger partial charge on any atom is -0.442 e. The van der Waals surface area contributed by atoms with Crippen LogP contribution < -0.4 is 0 Å². The fourth-order valence-corrected chi connectivity index (χ4v) is 5.08. The average Bonchev–Trinajstić information content (AvgIpc) is 3.06. The molecule has 0 spiro atoms. The number of aryl methyl sites for hydroxylation is 1. The number of amides is 1. The summed E-state index contributed by atoms with van der Waals surface area (Å²) in [6.45, 7) is 11.5. The molecule has 8 heteroatoms. The summed E-state index contributed by atoms with van der Waals surface area (Å²) in [5.74, 6) is -0.134. The average molecular weight is 397 g/mol. The number of carbonyl (C=O) groups is 1. The minimum absolute atomic E-state index is 0.134. The first-order chi connectivity index (χ1) is 12.3. The van der Waals surface area contributed by atoms with Crippen molar-refractivity contribution in [2.24, 2.45) is 5.92 Å². The summed E-state index contributed by atoms with van der Waals surface area (Å²) in [6, 6.07) is 6.42. The van der Waals surface area contributed by atoms with Crippen molar-refractivity contribution < 1.29 is 22.8 Å². The number of nitrogens with zero attached hydrogens (tertiary/aromatic N) is 2. The van der Waals surface area contributed by atoms with Gasteiger partial charge in [0.05, 0.1) is 16.5 Å². The summed E-state index contributed by atoms with van der Waals surface area (Å²) >= 11 is 0. The number of ether oxygens (including phenoxy) is 1. The maximum Gasteiger partial charge on any atom is 0.434 e. The predicted molar refractivity (Wildman–Crippen MR) is 100 cm³/mol. The smallest absolute Gasteiger partial charge is 0.434 e. The predicted octanol–water partition coefficient (Wildman–Crippen LogP) is 2.95. The molecule has 7 nitrogen and oxygen atoms in total. The molecule has 2 aliphatic rings. The molecule has 0 radical (unpaired) electrons. The fourth-order valence-electron chi connectivity index (χ4n) is 3.60. The highest BCUT2D eigenvalue weighted by Gasteiger charge is 2.57. The highest BCUT2D eigenvalue weighted by Crippen LogP contribution is 2.43. The van der Waals surface area contributed by atoms with Gasteiger partial charge in [0.15, 0.2) is 0 Å². The summed E-state index contributed by atoms with van der Waals surface area (Å²) in [5, 5.41) is 1.22. The van der Waals surface area contributed by atoms with Crippen molar-refractivity contribution >= 4 is 16.1 Å². The van der Waals surface area contributed by atoms with Gasteiger partial charge in [-0.25, -0.2) is 13.2 Å². The van der Waals surface area contributed by atoms with Crippen LogP contribution in [0.4, 0.5) is 4.79 Å². The molecule has 0 aromatic heterocycles. The van der Waals surface area contributed by atoms with Crippen LogP contribution in [-0.4, -0.2) is 54.2 Å². The number of benzene rings is 1. The van der Waals surface area contributed by atoms with Gasteiger partial charge in [0, 0.05) is 19.0 Å². The number of hydrogen-bond acceptors (Lipinski definition) is 5. The van der Waals surface area contributed by atoms with Gasteiger partial charge in [0.2, 0.25) is 10.0 Å². The second kappa shape index (κ2) is 6.46. The maximum atomic E-state index is 13.0. The number of rotatable bonds is 2. The third kappa shape index (κ3) is 3.83. The van der Waals surface area contributed by atoms with E-state index in [-0.39, 0.29) is 23.4 Å². The van der Waals surface area contributed by atoms with Crippen LogP contribution in [0.1, 0.15) is 40.2 Å². The molecule has 27 heavy (non-hydrogen) atoms. The molecule has 2 saturated heterocycles. The first kappa shape index (κ1) is 20.1. The Kier molecular flexibility index (Phi) is 4.81. The van der Waals surface area contributed by atoms with Crippen LogP contribution in [0.5, 0.6) is 0 Å². The molecule has 0 unspecified atom stereocenters. The Labute approximate surface area is 161 Å². The van der Waals surface area contributed by atoms with Gasteiger partial charge < -0.3 is 4.74 Å². The lowest BCUT2D eigenvalue weighted by Gasteiger charge is -2.29. The van der Waals surface area contributed by atoms with Crippen molar-refractivity contribution in [1.82, 2.24) is 9.37 Å². The number of hydroxylamine groups is 2. The third-order valence-electron chi connectivity index (χ3n) is 5.02. The zero-order valence-electron chi connectivity index (χ0n) is 16.7. The van der Waals surface area contributed by atoms with Crippen molar-refractivity contribution in [2.45, 2.75) is 63.7 Å². The van der Waals surface area contributed by atoms with E-state index in [0.717, 1.165) is 5.56 Å². The van der Waals surface area contributed by atoms with Crippen LogP contribution in [0.15, 0.2) is 29.2 Å². The van der Waals surface area contributed by atoms with Crippen molar-refractivity contribution in [3.8, 4) is 0 Å². The molecule has 0 aliphatic carbocycles. The normalized spacial score (nSPS) is 25.5. The topological polar surface area (TPSA) is 76.2 Å². The van der Waals surface area contributed by atoms with E-state index in [0.29, 0.717) is 6.54 Å². The summed E-state index contributed by atoms with van der Waals surface area (Å²) in [6.07, 6.45) is -0.586. The number of sulfonamides is 1. The Balaban J connectivity index is 1.85. The van der Waals surface area contributed by atoms with Gasteiger partial charge in [-0.2, -0.15) is 9.37 Å². The van der Waals surface area contributed by atoms with Gasteiger partial charge in [-0.3, -0.25) is 4.84 Å². The van der Waals surface area contributed by atoms with Crippen LogP contribution >= 0.6 is 0 Å². The second-order valence-corrected chi connectivity index (χ2v) is 10.7. The van der Waals surface area contributed by atoms with Gasteiger partial charge >= 0.3 is 6.09 Å². The van der Waals surface area contributed by atoms with Crippen molar-refractivity contribution in [2.75, 3.05) is 13.1 Å². The lowest BCUT2D eigenvalue weighted by molar-refractivity contribution is -0.183. The molecular weight excluding hydrogens is 368 g/mol. The summed E-state index contributed by atoms with van der Waals surface area (Å²) in [7, 11) is -3.63. The van der Waals surface area contributed by atoms with Gasteiger partial charge in [0.1, 0.15) is 5.60 Å². The molecule has 2 fully saturated rings. The quantitative estimate of drug-likeness (QED) is 0.768. The standard InChI is InChI=1S/C19H28N2O5S/c1-13-7-9-14(10-8-13)27(23,24)20-11-15-16(12-20)21(26-19(15,5)6)17(22)25-18(2,3)4/h7-10,15-16H,11-12H2,1-6H3/t15-,16+/m1/s1. The fraction of sp³-hybridized carbons (Fsp3) is 0.632. The van der Waals surface area contributed by atoms with Crippen LogP contribution in [0.2, 0.25) is 0 Å². The molecule has 3 rings (SSSR count). The van der Waals surface area contributed by atoms with Crippen LogP contribution in [0.3, 0.4) is 0 Å². The van der Waals surface area contributed by atoms with Crippen LogP contribution in [0.25, 0.3) is 0 Å². The number of fused-ring (bicyclic) bond motifs is 1. The lowest BCUT2D eigenvalue weighted by Crippen LogP contribution is -2.43. The van der Waals surface area contributed by atoms with Gasteiger partial charge in [0.25, 0.3) is 0 Å². The van der Waals surface area contributed by atoms with E-state index >= 15 is 0 Å². The molecule has 0 bridgehead atoms. The van der Waals surface area contributed by atoms with E-state index in [1.54, 1.807) is 45.0 Å². The van der Waals surface area contributed by atoms with Gasteiger partial charge in [-0.15, -0.1) is 0 Å². The molecule has 1 aromatic carbocycles. The molecule has 2 aliphatic heterocycles. The largest absolute Gasteiger partial charge is 0.442 e. The van der Waals surface area contributed by atoms with Crippen LogP contribution in [0, 0.1) is 12.8 Å². The molecule has 1 aromatic rings. The summed E-state index contributed by atoms with van der Waals surface area (Å²) in [5.41, 5.74) is -0.327. The Morgan fingerprint density at radius 2 is 1.78 bits per heavy atom. The molecule has 0 saturated carbocycles. The molecule has 150 valence electrons. The lowest BCUT2D eigenvalue weighted by atomic mass is 9.88. The van der Waals surface area contributed by atoms with Gasteiger partial charge in [-0.05, 0) is 53.7 Å². The third-order valence-corrected chi connectivity index (χ3v) is 6.86. The van der Waals surface area contributed by atoms with E-state index < -0.39 is 27.3 Å². The zero-order chi connectivity index (χ0) is 20.2. The molecule has 0 N–H and O–H groups in total. The molecular formula is C19H28N2O5S. The first-order valence-corrected chi connectivity index (χ1v) is 10.5. The first-order valence-electron chi connectivity index (χ1n) is 9.09. The molecule has 2 atom stereocenters. The highest BCUT2D eigenvalue weighted by atomic mass is 32.2. The highest BCUT2D eigenvalue weighted by molar-refractivity contribution is 7.89. The second-order valence-electron chi connectivity index (χ2n) is 8.81. The molecule has 2 heterocycles. The SMILES string of the molecule is Cc1ccc(S(=O)(=O)N2C[C@@H]3[C@H](C2)N(C(=O)OC(C)(C)C)OC3(C)C)cc1.